The molecule has 0 aliphatic heterocycles. The van der Waals surface area contributed by atoms with Crippen molar-refractivity contribution in [1.82, 2.24) is 0 Å². The largest absolute Gasteiger partial charge is 0.465 e. The van der Waals surface area contributed by atoms with Gasteiger partial charge >= 0.3 is 11.9 Å². The Bertz CT molecular complexity index is 503. The molecule has 4 nitrogen and oxygen atoms in total. The molecule has 0 amide bonds. The van der Waals surface area contributed by atoms with E-state index in [1.54, 1.807) is 0 Å². The van der Waals surface area contributed by atoms with E-state index in [-0.39, 0.29) is 35.6 Å². The fourth-order valence-corrected chi connectivity index (χ4v) is 1.52. The highest BCUT2D eigenvalue weighted by Gasteiger charge is 2.17. The maximum atomic E-state index is 13.4. The zero-order valence-corrected chi connectivity index (χ0v) is 13.0. The van der Waals surface area contributed by atoms with E-state index in [2.05, 4.69) is 0 Å². The normalized spacial score (nSPS) is 11.1. The van der Waals surface area contributed by atoms with Crippen LogP contribution in [0.3, 0.4) is 0 Å². The van der Waals surface area contributed by atoms with Gasteiger partial charge in [-0.1, -0.05) is 38.4 Å². The Balaban J connectivity index is 2.43. The van der Waals surface area contributed by atoms with Crippen LogP contribution in [-0.2, 0) is 14.3 Å². The molecule has 0 saturated heterocycles. The molecule has 0 heterocycles. The van der Waals surface area contributed by atoms with Crippen molar-refractivity contribution in [3.63, 3.8) is 0 Å². The number of esters is 2. The van der Waals surface area contributed by atoms with E-state index in [4.69, 9.17) is 21.1 Å². The molecule has 0 aromatic heterocycles. The van der Waals surface area contributed by atoms with Crippen LogP contribution in [0.25, 0.3) is 0 Å². The number of rotatable bonds is 5. The highest BCUT2D eigenvalue weighted by molar-refractivity contribution is 6.32. The molecule has 0 saturated carbocycles. The fourth-order valence-electron chi connectivity index (χ4n) is 1.32. The summed E-state index contributed by atoms with van der Waals surface area (Å²) in [5.41, 5.74) is -0.142. The number of ether oxygens (including phenoxy) is 2. The highest BCUT2D eigenvalue weighted by Crippen LogP contribution is 2.27. The molecule has 1 aromatic carbocycles. The van der Waals surface area contributed by atoms with Gasteiger partial charge in [-0.3, -0.25) is 9.59 Å². The van der Waals surface area contributed by atoms with E-state index >= 15 is 0 Å². The van der Waals surface area contributed by atoms with Crippen LogP contribution in [0.15, 0.2) is 18.2 Å². The average Bonchev–Trinajstić information content (AvgIpc) is 2.37. The van der Waals surface area contributed by atoms with E-state index in [9.17, 15) is 14.0 Å². The van der Waals surface area contributed by atoms with Gasteiger partial charge in [0.15, 0.2) is 11.6 Å². The Labute approximate surface area is 128 Å². The van der Waals surface area contributed by atoms with E-state index in [0.717, 1.165) is 6.07 Å². The number of carbonyl (C=O) groups is 2. The van der Waals surface area contributed by atoms with E-state index in [1.165, 1.54) is 12.1 Å². The molecule has 0 fully saturated rings. The maximum Gasteiger partial charge on any atom is 0.311 e. The molecule has 0 aliphatic carbocycles. The Hall–Kier alpha value is -1.62. The second-order valence-corrected chi connectivity index (χ2v) is 6.15. The van der Waals surface area contributed by atoms with Gasteiger partial charge in [0, 0.05) is 0 Å². The van der Waals surface area contributed by atoms with Crippen LogP contribution in [0.2, 0.25) is 5.02 Å². The number of benzene rings is 1. The van der Waals surface area contributed by atoms with Crippen molar-refractivity contribution in [1.29, 1.82) is 0 Å². The lowest BCUT2D eigenvalue weighted by Gasteiger charge is -2.17. The zero-order chi connectivity index (χ0) is 16.0. The third kappa shape index (κ3) is 6.58. The molecular formula is C15H18ClFO4. The van der Waals surface area contributed by atoms with Gasteiger partial charge < -0.3 is 9.47 Å². The molecule has 0 atom stereocenters. The quantitative estimate of drug-likeness (QED) is 0.613. The number of halogens is 2. The van der Waals surface area contributed by atoms with Crippen LogP contribution < -0.4 is 4.74 Å². The van der Waals surface area contributed by atoms with Gasteiger partial charge in [-0.05, 0) is 17.5 Å². The van der Waals surface area contributed by atoms with Crippen molar-refractivity contribution in [3.05, 3.63) is 29.0 Å². The van der Waals surface area contributed by atoms with Crippen molar-refractivity contribution in [2.45, 2.75) is 33.6 Å². The number of para-hydroxylation sites is 1. The number of hydrogen-bond donors (Lipinski definition) is 0. The highest BCUT2D eigenvalue weighted by atomic mass is 35.5. The summed E-state index contributed by atoms with van der Waals surface area (Å²) in [5.74, 6) is -2.30. The van der Waals surface area contributed by atoms with Gasteiger partial charge in [-0.15, -0.1) is 0 Å². The molecule has 0 radical (unpaired) electrons. The minimum atomic E-state index is -0.741. The van der Waals surface area contributed by atoms with Gasteiger partial charge in [0.2, 0.25) is 0 Å². The molecule has 0 N–H and O–H groups in total. The molecule has 0 bridgehead atoms. The number of hydrogen-bond acceptors (Lipinski definition) is 4. The minimum absolute atomic E-state index is 0.00124. The first-order valence-electron chi connectivity index (χ1n) is 6.49. The van der Waals surface area contributed by atoms with Crippen LogP contribution in [0, 0.1) is 11.2 Å². The molecule has 1 aromatic rings. The summed E-state index contributed by atoms with van der Waals surface area (Å²) in [4.78, 5) is 23.0. The van der Waals surface area contributed by atoms with Crippen molar-refractivity contribution >= 4 is 23.5 Å². The molecule has 1 rings (SSSR count). The predicted molar refractivity (Wildman–Crippen MR) is 76.7 cm³/mol. The van der Waals surface area contributed by atoms with E-state index in [1.807, 2.05) is 20.8 Å². The standard InChI is InChI=1S/C15H18ClFO4/c1-15(2,3)9-20-12(18)7-8-13(19)21-14-10(16)5-4-6-11(14)17/h4-6H,7-9H2,1-3H3. The Morgan fingerprint density at radius 1 is 1.19 bits per heavy atom. The summed E-state index contributed by atoms with van der Waals surface area (Å²) in [5, 5.41) is -0.00124. The van der Waals surface area contributed by atoms with Crippen LogP contribution in [-0.4, -0.2) is 18.5 Å². The Morgan fingerprint density at radius 3 is 2.38 bits per heavy atom. The summed E-state index contributed by atoms with van der Waals surface area (Å²) < 4.78 is 23.2. The summed E-state index contributed by atoms with van der Waals surface area (Å²) in [6, 6.07) is 3.94. The van der Waals surface area contributed by atoms with Crippen molar-refractivity contribution in [2.24, 2.45) is 5.41 Å². The van der Waals surface area contributed by atoms with E-state index in [0.29, 0.717) is 0 Å². The Morgan fingerprint density at radius 2 is 1.81 bits per heavy atom. The topological polar surface area (TPSA) is 52.6 Å². The maximum absolute atomic E-state index is 13.4. The lowest BCUT2D eigenvalue weighted by molar-refractivity contribution is -0.149. The summed E-state index contributed by atoms with van der Waals surface area (Å²) in [7, 11) is 0. The van der Waals surface area contributed by atoms with Crippen LogP contribution in [0.5, 0.6) is 5.75 Å². The Kier molecular flexibility index (Phi) is 6.15. The first-order chi connectivity index (χ1) is 9.69. The van der Waals surface area contributed by atoms with E-state index < -0.39 is 17.8 Å². The van der Waals surface area contributed by atoms with Crippen molar-refractivity contribution in [2.75, 3.05) is 6.61 Å². The monoisotopic (exact) mass is 316 g/mol. The third-order valence-corrected chi connectivity index (χ3v) is 2.63. The first kappa shape index (κ1) is 17.4. The predicted octanol–water partition coefficient (Wildman–Crippen LogP) is 3.75. The smallest absolute Gasteiger partial charge is 0.311 e. The van der Waals surface area contributed by atoms with Gasteiger partial charge in [0.1, 0.15) is 0 Å². The lowest BCUT2D eigenvalue weighted by Crippen LogP contribution is -2.19. The summed E-state index contributed by atoms with van der Waals surface area (Å²) in [6.45, 7) is 6.04. The van der Waals surface area contributed by atoms with Gasteiger partial charge in [-0.25, -0.2) is 4.39 Å². The van der Waals surface area contributed by atoms with Crippen molar-refractivity contribution < 1.29 is 23.5 Å². The fraction of sp³-hybridized carbons (Fsp3) is 0.467. The second kappa shape index (κ2) is 7.41. The zero-order valence-electron chi connectivity index (χ0n) is 12.2. The lowest BCUT2D eigenvalue weighted by atomic mass is 9.99. The molecule has 116 valence electrons. The SMILES string of the molecule is CC(C)(C)COC(=O)CCC(=O)Oc1c(F)cccc1Cl. The first-order valence-corrected chi connectivity index (χ1v) is 6.87. The van der Waals surface area contributed by atoms with Gasteiger partial charge in [0.25, 0.3) is 0 Å². The summed E-state index contributed by atoms with van der Waals surface area (Å²) >= 11 is 5.73. The van der Waals surface area contributed by atoms with Gasteiger partial charge in [0.05, 0.1) is 24.5 Å². The van der Waals surface area contributed by atoms with Gasteiger partial charge in [-0.2, -0.15) is 0 Å². The summed E-state index contributed by atoms with van der Waals surface area (Å²) in [6.07, 6.45) is -0.325. The molecule has 0 aliphatic rings. The van der Waals surface area contributed by atoms with Crippen molar-refractivity contribution in [3.8, 4) is 5.75 Å². The number of carbonyl (C=O) groups excluding carboxylic acids is 2. The van der Waals surface area contributed by atoms with Crippen LogP contribution in [0.1, 0.15) is 33.6 Å². The molecule has 6 heteroatoms. The molecule has 0 unspecified atom stereocenters. The third-order valence-electron chi connectivity index (χ3n) is 2.33. The average molecular weight is 317 g/mol. The van der Waals surface area contributed by atoms with Crippen LogP contribution >= 0.6 is 11.6 Å². The minimum Gasteiger partial charge on any atom is -0.465 e. The molecule has 0 spiro atoms. The molecular weight excluding hydrogens is 299 g/mol. The molecule has 21 heavy (non-hydrogen) atoms. The second-order valence-electron chi connectivity index (χ2n) is 5.75. The van der Waals surface area contributed by atoms with Crippen LogP contribution in [0.4, 0.5) is 4.39 Å².